The monoisotopic (exact) mass is 358 g/mol. The summed E-state index contributed by atoms with van der Waals surface area (Å²) in [5.41, 5.74) is 2.03. The molecular formula is C20H23FN2O3. The van der Waals surface area contributed by atoms with Crippen LogP contribution in [0.15, 0.2) is 48.5 Å². The lowest BCUT2D eigenvalue weighted by molar-refractivity contribution is -0.142. The van der Waals surface area contributed by atoms with Gasteiger partial charge in [0.15, 0.2) is 6.61 Å². The van der Waals surface area contributed by atoms with Crippen LogP contribution in [0.4, 0.5) is 4.39 Å². The van der Waals surface area contributed by atoms with Crippen LogP contribution in [0.5, 0.6) is 5.75 Å². The first-order chi connectivity index (χ1) is 12.4. The molecule has 2 aromatic carbocycles. The topological polar surface area (TPSA) is 58.6 Å². The fraction of sp³-hybridized carbons (Fsp3) is 0.300. The zero-order chi connectivity index (χ0) is 19.1. The minimum atomic E-state index is -0.648. The summed E-state index contributed by atoms with van der Waals surface area (Å²) in [5, 5.41) is 2.56. The van der Waals surface area contributed by atoms with Gasteiger partial charge in [0, 0.05) is 13.6 Å². The van der Waals surface area contributed by atoms with Gasteiger partial charge in [-0.3, -0.25) is 9.59 Å². The molecule has 0 aliphatic heterocycles. The maximum atomic E-state index is 12.9. The van der Waals surface area contributed by atoms with Crippen LogP contribution in [0, 0.1) is 12.7 Å². The number of nitrogens with one attached hydrogen (secondary N) is 1. The molecule has 0 fully saturated rings. The van der Waals surface area contributed by atoms with Crippen molar-refractivity contribution in [3.8, 4) is 5.75 Å². The van der Waals surface area contributed by atoms with Crippen LogP contribution < -0.4 is 10.1 Å². The number of halogens is 1. The fourth-order valence-electron chi connectivity index (χ4n) is 2.44. The van der Waals surface area contributed by atoms with E-state index >= 15 is 0 Å². The smallest absolute Gasteiger partial charge is 0.261 e. The highest BCUT2D eigenvalue weighted by atomic mass is 19.1. The first kappa shape index (κ1) is 19.4. The summed E-state index contributed by atoms with van der Waals surface area (Å²) >= 11 is 0. The van der Waals surface area contributed by atoms with Gasteiger partial charge in [0.05, 0.1) is 0 Å². The summed E-state index contributed by atoms with van der Waals surface area (Å²) in [6.07, 6.45) is 0. The van der Waals surface area contributed by atoms with Crippen LogP contribution in [0.1, 0.15) is 18.1 Å². The van der Waals surface area contributed by atoms with E-state index in [9.17, 15) is 14.0 Å². The highest BCUT2D eigenvalue weighted by Crippen LogP contribution is 2.14. The van der Waals surface area contributed by atoms with Crippen molar-refractivity contribution >= 4 is 11.8 Å². The van der Waals surface area contributed by atoms with E-state index in [1.807, 2.05) is 31.2 Å². The molecule has 1 N–H and O–H groups in total. The largest absolute Gasteiger partial charge is 0.484 e. The summed E-state index contributed by atoms with van der Waals surface area (Å²) in [7, 11) is 1.53. The van der Waals surface area contributed by atoms with Gasteiger partial charge in [0.25, 0.3) is 5.91 Å². The second-order valence-corrected chi connectivity index (χ2v) is 6.04. The van der Waals surface area contributed by atoms with Crippen molar-refractivity contribution in [2.75, 3.05) is 13.7 Å². The van der Waals surface area contributed by atoms with Crippen LogP contribution in [0.2, 0.25) is 0 Å². The quantitative estimate of drug-likeness (QED) is 0.828. The number of amides is 2. The molecule has 6 heteroatoms. The highest BCUT2D eigenvalue weighted by Gasteiger charge is 2.25. The van der Waals surface area contributed by atoms with Crippen molar-refractivity contribution < 1.29 is 18.7 Å². The van der Waals surface area contributed by atoms with Crippen molar-refractivity contribution in [2.24, 2.45) is 0 Å². The summed E-state index contributed by atoms with van der Waals surface area (Å²) < 4.78 is 18.4. The first-order valence-corrected chi connectivity index (χ1v) is 8.35. The third-order valence-electron chi connectivity index (χ3n) is 4.06. The van der Waals surface area contributed by atoms with Crippen molar-refractivity contribution in [3.63, 3.8) is 0 Å². The standard InChI is InChI=1S/C20H23FN2O3/c1-14-4-6-16(7-5-14)12-23(15(2)20(25)22-3)19(24)13-26-18-10-8-17(21)9-11-18/h4-11,15H,12-13H2,1-3H3,(H,22,25). The normalized spacial score (nSPS) is 11.5. The number of aryl methyl sites for hydroxylation is 1. The molecule has 0 spiro atoms. The van der Waals surface area contributed by atoms with Crippen LogP contribution >= 0.6 is 0 Å². The van der Waals surface area contributed by atoms with E-state index in [1.54, 1.807) is 6.92 Å². The van der Waals surface area contributed by atoms with Gasteiger partial charge in [-0.05, 0) is 43.7 Å². The zero-order valence-corrected chi connectivity index (χ0v) is 15.2. The minimum absolute atomic E-state index is 0.237. The molecule has 1 atom stereocenters. The molecule has 2 amide bonds. The third-order valence-corrected chi connectivity index (χ3v) is 4.06. The molecular weight excluding hydrogens is 335 g/mol. The first-order valence-electron chi connectivity index (χ1n) is 8.35. The Bertz CT molecular complexity index is 745. The Balaban J connectivity index is 2.10. The van der Waals surface area contributed by atoms with E-state index in [0.717, 1.165) is 11.1 Å². The fourth-order valence-corrected chi connectivity index (χ4v) is 2.44. The van der Waals surface area contributed by atoms with Gasteiger partial charge in [0.1, 0.15) is 17.6 Å². The lowest BCUT2D eigenvalue weighted by atomic mass is 10.1. The zero-order valence-electron chi connectivity index (χ0n) is 15.2. The number of benzene rings is 2. The molecule has 138 valence electrons. The van der Waals surface area contributed by atoms with E-state index in [2.05, 4.69) is 5.32 Å². The predicted octanol–water partition coefficient (Wildman–Crippen LogP) is 2.68. The Kier molecular flexibility index (Phi) is 6.72. The Morgan fingerprint density at radius 2 is 1.73 bits per heavy atom. The molecule has 26 heavy (non-hydrogen) atoms. The molecule has 0 aliphatic rings. The Morgan fingerprint density at radius 3 is 2.31 bits per heavy atom. The summed E-state index contributed by atoms with van der Waals surface area (Å²) in [6, 6.07) is 12.5. The number of hydrogen-bond donors (Lipinski definition) is 1. The van der Waals surface area contributed by atoms with Gasteiger partial charge < -0.3 is 15.0 Å². The number of hydrogen-bond acceptors (Lipinski definition) is 3. The number of carbonyl (C=O) groups is 2. The number of ether oxygens (including phenoxy) is 1. The molecule has 0 saturated heterocycles. The molecule has 1 unspecified atom stereocenters. The Hall–Kier alpha value is -2.89. The van der Waals surface area contributed by atoms with Crippen molar-refractivity contribution in [3.05, 3.63) is 65.5 Å². The van der Waals surface area contributed by atoms with Gasteiger partial charge in [-0.25, -0.2) is 4.39 Å². The van der Waals surface area contributed by atoms with E-state index in [-0.39, 0.29) is 24.2 Å². The van der Waals surface area contributed by atoms with E-state index in [4.69, 9.17) is 4.74 Å². The van der Waals surface area contributed by atoms with Crippen molar-refractivity contribution in [1.29, 1.82) is 0 Å². The summed E-state index contributed by atoms with van der Waals surface area (Å²) in [6.45, 7) is 3.71. The molecule has 0 radical (unpaired) electrons. The molecule has 0 aromatic heterocycles. The van der Waals surface area contributed by atoms with Gasteiger partial charge in [-0.15, -0.1) is 0 Å². The average Bonchev–Trinajstić information content (AvgIpc) is 2.65. The lowest BCUT2D eigenvalue weighted by Crippen LogP contribution is -2.48. The summed E-state index contributed by atoms with van der Waals surface area (Å²) in [5.74, 6) is -0.571. The molecule has 2 rings (SSSR count). The van der Waals surface area contributed by atoms with Crippen molar-refractivity contribution in [1.82, 2.24) is 10.2 Å². The second-order valence-electron chi connectivity index (χ2n) is 6.04. The SMILES string of the molecule is CNC(=O)C(C)N(Cc1ccc(C)cc1)C(=O)COc1ccc(F)cc1. The van der Waals surface area contributed by atoms with E-state index < -0.39 is 6.04 Å². The Morgan fingerprint density at radius 1 is 1.12 bits per heavy atom. The van der Waals surface area contributed by atoms with Crippen LogP contribution in [0.3, 0.4) is 0 Å². The second kappa shape index (κ2) is 8.99. The van der Waals surface area contributed by atoms with Gasteiger partial charge in [0.2, 0.25) is 5.91 Å². The number of carbonyl (C=O) groups excluding carboxylic acids is 2. The van der Waals surface area contributed by atoms with Gasteiger partial charge in [-0.1, -0.05) is 29.8 Å². The van der Waals surface area contributed by atoms with Crippen LogP contribution in [0.25, 0.3) is 0 Å². The van der Waals surface area contributed by atoms with Gasteiger partial charge in [-0.2, -0.15) is 0 Å². The molecule has 0 heterocycles. The Labute approximate surface area is 152 Å². The van der Waals surface area contributed by atoms with Crippen molar-refractivity contribution in [2.45, 2.75) is 26.4 Å². The molecule has 0 bridgehead atoms. The van der Waals surface area contributed by atoms with E-state index in [0.29, 0.717) is 12.3 Å². The molecule has 0 aliphatic carbocycles. The molecule has 2 aromatic rings. The third kappa shape index (κ3) is 5.31. The average molecular weight is 358 g/mol. The minimum Gasteiger partial charge on any atom is -0.484 e. The number of rotatable bonds is 7. The molecule has 0 saturated carbocycles. The predicted molar refractivity (Wildman–Crippen MR) is 97.2 cm³/mol. The number of likely N-dealkylation sites (N-methyl/N-ethyl adjacent to an activating group) is 1. The highest BCUT2D eigenvalue weighted by molar-refractivity contribution is 5.87. The van der Waals surface area contributed by atoms with Crippen LogP contribution in [-0.2, 0) is 16.1 Å². The maximum Gasteiger partial charge on any atom is 0.261 e. The maximum absolute atomic E-state index is 12.9. The number of nitrogens with zero attached hydrogens (tertiary/aromatic N) is 1. The van der Waals surface area contributed by atoms with Crippen LogP contribution in [-0.4, -0.2) is 36.4 Å². The lowest BCUT2D eigenvalue weighted by Gasteiger charge is -2.28. The van der Waals surface area contributed by atoms with Gasteiger partial charge >= 0.3 is 0 Å². The molecule has 5 nitrogen and oxygen atoms in total. The van der Waals surface area contributed by atoms with E-state index in [1.165, 1.54) is 36.2 Å². The summed E-state index contributed by atoms with van der Waals surface area (Å²) in [4.78, 5) is 26.2.